The predicted molar refractivity (Wildman–Crippen MR) is 215 cm³/mol. The van der Waals surface area contributed by atoms with Gasteiger partial charge in [-0.15, -0.1) is 23.5 Å². The van der Waals surface area contributed by atoms with Gasteiger partial charge in [0.2, 0.25) is 0 Å². The molecule has 2 aromatic heterocycles. The van der Waals surface area contributed by atoms with Crippen LogP contribution < -0.4 is 34.5 Å². The topological polar surface area (TPSA) is 33.3 Å². The van der Waals surface area contributed by atoms with Gasteiger partial charge in [-0.2, -0.15) is 24.3 Å². The molecule has 274 valence electrons. The number of anilines is 2. The molecule has 0 unspecified atom stereocenters. The van der Waals surface area contributed by atoms with Crippen molar-refractivity contribution in [3.05, 3.63) is 132 Å². The molecule has 0 amide bonds. The van der Waals surface area contributed by atoms with Crippen molar-refractivity contribution >= 4 is 36.3 Å². The van der Waals surface area contributed by atoms with E-state index in [1.54, 1.807) is 0 Å². The number of hydrogen-bond acceptors (Lipinski definition) is 3. The fraction of sp³-hybridized carbons (Fsp3) is 0.318. The molecule has 0 atom stereocenters. The summed E-state index contributed by atoms with van der Waals surface area (Å²) in [7, 11) is 4.35. The molecule has 4 heterocycles. The van der Waals surface area contributed by atoms with E-state index in [4.69, 9.17) is 4.74 Å². The van der Waals surface area contributed by atoms with Crippen LogP contribution in [0.4, 0.5) is 11.4 Å². The van der Waals surface area contributed by atoms with Crippen LogP contribution in [0.5, 0.6) is 11.5 Å². The van der Waals surface area contributed by atoms with Crippen LogP contribution in [0.3, 0.4) is 0 Å². The molecule has 0 N–H and O–H groups in total. The van der Waals surface area contributed by atoms with Gasteiger partial charge in [-0.3, -0.25) is 9.36 Å². The maximum atomic E-state index is 6.57. The van der Waals surface area contributed by atoms with Crippen LogP contribution in [0, 0.1) is 24.5 Å². The zero-order valence-corrected chi connectivity index (χ0v) is 35.2. The average molecular weight is 894 g/mol. The van der Waals surface area contributed by atoms with Crippen molar-refractivity contribution < 1.29 is 35.0 Å². The minimum Gasteiger partial charge on any atom is -0.511 e. The van der Waals surface area contributed by atoms with Gasteiger partial charge >= 0.3 is 35.0 Å². The third-order valence-corrected chi connectivity index (χ3v) is 11.1. The first-order valence-corrected chi connectivity index (χ1v) is 19.0. The van der Waals surface area contributed by atoms with Crippen molar-refractivity contribution in [2.24, 2.45) is 0 Å². The molecule has 4 aromatic carbocycles. The molecule has 0 fully saturated rings. The van der Waals surface area contributed by atoms with Crippen molar-refractivity contribution in [3.63, 3.8) is 0 Å². The Morgan fingerprint density at radius 1 is 0.537 bits per heavy atom. The van der Waals surface area contributed by atoms with Crippen molar-refractivity contribution in [1.82, 2.24) is 9.36 Å². The number of ether oxygens (including phenoxy) is 1. The summed E-state index contributed by atoms with van der Waals surface area (Å²) in [6.07, 6.45) is 11.1. The summed E-state index contributed by atoms with van der Waals surface area (Å²) in [4.78, 5) is 4.72. The Balaban J connectivity index is 0.00000450. The Bertz CT molecular complexity index is 2110. The maximum Gasteiger partial charge on any atom is 4.00 e. The molecule has 8 rings (SSSR count). The number of aromatic nitrogens is 4. The van der Waals surface area contributed by atoms with Crippen LogP contribution >= 0.6 is 0 Å². The molecular weight excluding hydrogens is 845 g/mol. The molecular formula is C44H48B2N6OPt+2. The van der Waals surface area contributed by atoms with Gasteiger partial charge < -0.3 is 14.4 Å². The molecule has 0 radical (unpaired) electrons. The molecule has 6 aromatic rings. The summed E-state index contributed by atoms with van der Waals surface area (Å²) in [5, 5.41) is 0. The second-order valence-electron chi connectivity index (χ2n) is 15.8. The van der Waals surface area contributed by atoms with Gasteiger partial charge in [-0.05, 0) is 72.4 Å². The fourth-order valence-corrected chi connectivity index (χ4v) is 8.49. The number of fused-ring (bicyclic) bond motifs is 6. The first-order valence-electron chi connectivity index (χ1n) is 19.0. The van der Waals surface area contributed by atoms with Crippen molar-refractivity contribution in [1.29, 1.82) is 0 Å². The quantitative estimate of drug-likeness (QED) is 0.126. The Kier molecular flexibility index (Phi) is 10.2. The van der Waals surface area contributed by atoms with E-state index in [-0.39, 0.29) is 35.0 Å². The van der Waals surface area contributed by atoms with Crippen LogP contribution in [0.2, 0.25) is 0 Å². The zero-order chi connectivity index (χ0) is 37.3. The Morgan fingerprint density at radius 2 is 0.889 bits per heavy atom. The Morgan fingerprint density at radius 3 is 1.22 bits per heavy atom. The van der Waals surface area contributed by atoms with Crippen molar-refractivity contribution in [2.45, 2.75) is 79.1 Å². The van der Waals surface area contributed by atoms with Gasteiger partial charge in [-0.25, -0.2) is 9.19 Å². The van der Waals surface area contributed by atoms with Crippen molar-refractivity contribution in [3.8, 4) is 22.9 Å². The summed E-state index contributed by atoms with van der Waals surface area (Å²) in [6, 6.07) is 33.0. The fourth-order valence-electron chi connectivity index (χ4n) is 8.49. The third-order valence-electron chi connectivity index (χ3n) is 11.1. The minimum absolute atomic E-state index is 0. The van der Waals surface area contributed by atoms with Crippen LogP contribution in [-0.2, 0) is 21.1 Å². The first-order chi connectivity index (χ1) is 25.5. The van der Waals surface area contributed by atoms with Crippen LogP contribution in [0.25, 0.3) is 11.4 Å². The molecule has 10 heteroatoms. The molecule has 0 aliphatic carbocycles. The van der Waals surface area contributed by atoms with Gasteiger partial charge in [0, 0.05) is 22.4 Å². The summed E-state index contributed by atoms with van der Waals surface area (Å²) in [6.45, 7) is 18.2. The molecule has 54 heavy (non-hydrogen) atoms. The molecule has 0 bridgehead atoms. The van der Waals surface area contributed by atoms with E-state index in [0.29, 0.717) is 35.2 Å². The average Bonchev–Trinajstić information content (AvgIpc) is 3.82. The van der Waals surface area contributed by atoms with E-state index in [1.165, 1.54) is 33.2 Å². The van der Waals surface area contributed by atoms with E-state index in [1.807, 2.05) is 24.3 Å². The van der Waals surface area contributed by atoms with Gasteiger partial charge in [0.25, 0.3) is 0 Å². The predicted octanol–water partition coefficient (Wildman–Crippen LogP) is 6.71. The molecule has 0 saturated heterocycles. The molecule has 2 aliphatic rings. The van der Waals surface area contributed by atoms with Crippen molar-refractivity contribution in [2.75, 3.05) is 23.7 Å². The zero-order valence-electron chi connectivity index (χ0n) is 33.0. The second kappa shape index (κ2) is 14.6. The molecule has 0 saturated carbocycles. The van der Waals surface area contributed by atoms with Gasteiger partial charge in [-0.1, -0.05) is 115 Å². The first kappa shape index (κ1) is 37.8. The third kappa shape index (κ3) is 6.13. The number of rotatable bonds is 8. The SMILES string of the molecule is CC(C)c1cccc(C(C)C)c1B1N(C)c2ccc(Oc3[c-]c4c(cc3)N(C)B(c3c(C(C)C)cccc3C(C)C)[n+]3cc[c-]n3-4)[c-]c2-n2[c-]cc[n+]21.[Pt+4]. The van der Waals surface area contributed by atoms with E-state index in [0.717, 1.165) is 22.7 Å². The Hall–Kier alpha value is -4.48. The maximum absolute atomic E-state index is 6.57. The van der Waals surface area contributed by atoms with Gasteiger partial charge in [0.05, 0.1) is 12.4 Å². The molecule has 0 spiro atoms. The number of hydrogen-bond donors (Lipinski definition) is 0. The number of benzene rings is 4. The van der Waals surface area contributed by atoms with E-state index >= 15 is 0 Å². The smallest absolute Gasteiger partial charge is 0.511 e. The largest absolute Gasteiger partial charge is 4.00 e. The monoisotopic (exact) mass is 893 g/mol. The summed E-state index contributed by atoms with van der Waals surface area (Å²) in [5.74, 6) is 2.78. The number of nitrogens with zero attached hydrogens (tertiary/aromatic N) is 6. The standard InChI is InChI=1S/C44H48B2N6O.Pt/c1-29(2)35-15-11-16-36(30(3)4)43(35)45-47(9)39-21-19-33(27-41(39)49-23-13-25-51(45)49)53-34-20-22-40-42(28-34)50-24-14-26-52(50)46(48(40)10)44-37(31(5)6)17-12-18-38(44)32(7)8;/h11-22,25-26,29-32H,1-10H3;/q-2;+4. The van der Waals surface area contributed by atoms with E-state index < -0.39 is 0 Å². The molecule has 2 aliphatic heterocycles. The minimum atomic E-state index is -0.0339. The van der Waals surface area contributed by atoms with Gasteiger partial charge in [0.15, 0.2) is 0 Å². The van der Waals surface area contributed by atoms with Crippen LogP contribution in [0.15, 0.2) is 85.2 Å². The van der Waals surface area contributed by atoms with Crippen LogP contribution in [-0.4, -0.2) is 37.4 Å². The van der Waals surface area contributed by atoms with Gasteiger partial charge in [0.1, 0.15) is 0 Å². The van der Waals surface area contributed by atoms with E-state index in [9.17, 15) is 0 Å². The Labute approximate surface area is 336 Å². The normalized spacial score (nSPS) is 13.4. The summed E-state index contributed by atoms with van der Waals surface area (Å²) in [5.41, 5.74) is 12.1. The van der Waals surface area contributed by atoms with Crippen LogP contribution in [0.1, 0.15) is 101 Å². The summed E-state index contributed by atoms with van der Waals surface area (Å²) < 4.78 is 15.3. The van der Waals surface area contributed by atoms with E-state index in [2.05, 4.69) is 183 Å². The molecule has 7 nitrogen and oxygen atoms in total. The summed E-state index contributed by atoms with van der Waals surface area (Å²) >= 11 is 0. The second-order valence-corrected chi connectivity index (χ2v) is 15.8.